The van der Waals surface area contributed by atoms with Gasteiger partial charge in [-0.15, -0.1) is 12.4 Å². The molecule has 22 heavy (non-hydrogen) atoms. The molecule has 2 rings (SSSR count). The van der Waals surface area contributed by atoms with Crippen molar-refractivity contribution in [2.24, 2.45) is 5.73 Å². The average Bonchev–Trinajstić information content (AvgIpc) is 2.95. The van der Waals surface area contributed by atoms with Crippen LogP contribution < -0.4 is 16.4 Å². The van der Waals surface area contributed by atoms with Gasteiger partial charge in [-0.25, -0.2) is 4.39 Å². The third-order valence-corrected chi connectivity index (χ3v) is 3.86. The van der Waals surface area contributed by atoms with Gasteiger partial charge in [-0.05, 0) is 30.5 Å². The summed E-state index contributed by atoms with van der Waals surface area (Å²) in [6.07, 6.45) is 3.64. The van der Waals surface area contributed by atoms with Crippen LogP contribution in [0.2, 0.25) is 0 Å². The van der Waals surface area contributed by atoms with E-state index in [0.717, 1.165) is 31.2 Å². The summed E-state index contributed by atoms with van der Waals surface area (Å²) in [4.78, 5) is 23.1. The van der Waals surface area contributed by atoms with Crippen LogP contribution in [0.4, 0.5) is 4.39 Å². The lowest BCUT2D eigenvalue weighted by Crippen LogP contribution is -2.48. The first-order valence-corrected chi connectivity index (χ1v) is 7.09. The summed E-state index contributed by atoms with van der Waals surface area (Å²) in [5, 5.41) is 5.44. The largest absolute Gasteiger partial charge is 0.346 e. The Morgan fingerprint density at radius 1 is 1.14 bits per heavy atom. The van der Waals surface area contributed by atoms with Gasteiger partial charge in [-0.3, -0.25) is 9.59 Å². The standard InChI is InChI=1S/C15H20FN3O2.ClH/c16-12-5-3-11(4-6-12)15(7-1-2-8-15)19-14(21)10-18-13(20)9-17;/h3-6H,1-2,7-10,17H2,(H,18,20)(H,19,21);1H. The van der Waals surface area contributed by atoms with Crippen LogP contribution in [0.5, 0.6) is 0 Å². The molecule has 0 saturated heterocycles. The molecule has 4 N–H and O–H groups in total. The van der Waals surface area contributed by atoms with Gasteiger partial charge in [-0.2, -0.15) is 0 Å². The molecule has 7 heteroatoms. The maximum absolute atomic E-state index is 13.1. The summed E-state index contributed by atoms with van der Waals surface area (Å²) in [6, 6.07) is 6.22. The Morgan fingerprint density at radius 3 is 2.27 bits per heavy atom. The zero-order chi connectivity index (χ0) is 15.3. The van der Waals surface area contributed by atoms with Crippen LogP contribution in [0, 0.1) is 5.82 Å². The number of nitrogens with two attached hydrogens (primary N) is 1. The number of amides is 2. The van der Waals surface area contributed by atoms with Crippen molar-refractivity contribution < 1.29 is 14.0 Å². The van der Waals surface area contributed by atoms with Crippen LogP contribution >= 0.6 is 12.4 Å². The van der Waals surface area contributed by atoms with Crippen molar-refractivity contribution in [1.82, 2.24) is 10.6 Å². The third kappa shape index (κ3) is 4.42. The molecule has 122 valence electrons. The summed E-state index contributed by atoms with van der Waals surface area (Å²) in [7, 11) is 0. The second-order valence-electron chi connectivity index (χ2n) is 5.33. The Labute approximate surface area is 135 Å². The quantitative estimate of drug-likeness (QED) is 0.759. The highest BCUT2D eigenvalue weighted by Crippen LogP contribution is 2.38. The van der Waals surface area contributed by atoms with Crippen LogP contribution in [0.15, 0.2) is 24.3 Å². The van der Waals surface area contributed by atoms with E-state index in [9.17, 15) is 14.0 Å². The fourth-order valence-electron chi connectivity index (χ4n) is 2.80. The third-order valence-electron chi connectivity index (χ3n) is 3.86. The molecule has 0 aromatic heterocycles. The molecule has 0 aliphatic heterocycles. The van der Waals surface area contributed by atoms with Crippen LogP contribution in [-0.2, 0) is 15.1 Å². The van der Waals surface area contributed by atoms with Gasteiger partial charge in [0.25, 0.3) is 0 Å². The minimum Gasteiger partial charge on any atom is -0.346 e. The number of benzene rings is 1. The van der Waals surface area contributed by atoms with Gasteiger partial charge in [0.2, 0.25) is 11.8 Å². The first-order chi connectivity index (χ1) is 10.1. The number of hydrogen-bond acceptors (Lipinski definition) is 3. The molecule has 0 heterocycles. The Bertz CT molecular complexity index is 516. The Kier molecular flexibility index (Phi) is 6.77. The molecule has 2 amide bonds. The van der Waals surface area contributed by atoms with E-state index >= 15 is 0 Å². The van der Waals surface area contributed by atoms with E-state index in [1.54, 1.807) is 12.1 Å². The van der Waals surface area contributed by atoms with E-state index < -0.39 is 5.54 Å². The van der Waals surface area contributed by atoms with Crippen molar-refractivity contribution in [1.29, 1.82) is 0 Å². The maximum atomic E-state index is 13.1. The highest BCUT2D eigenvalue weighted by atomic mass is 35.5. The normalized spacial score (nSPS) is 15.7. The first kappa shape index (κ1) is 18.4. The van der Waals surface area contributed by atoms with Gasteiger partial charge in [-0.1, -0.05) is 25.0 Å². The number of rotatable bonds is 5. The lowest BCUT2D eigenvalue weighted by Gasteiger charge is -2.31. The number of hydrogen-bond donors (Lipinski definition) is 3. The molecule has 1 aliphatic carbocycles. The van der Waals surface area contributed by atoms with Gasteiger partial charge in [0.05, 0.1) is 18.6 Å². The van der Waals surface area contributed by atoms with E-state index in [0.29, 0.717) is 0 Å². The molecule has 1 fully saturated rings. The number of carbonyl (C=O) groups is 2. The monoisotopic (exact) mass is 329 g/mol. The fourth-order valence-corrected chi connectivity index (χ4v) is 2.80. The van der Waals surface area contributed by atoms with Crippen LogP contribution in [-0.4, -0.2) is 24.9 Å². The van der Waals surface area contributed by atoms with Crippen molar-refractivity contribution in [3.05, 3.63) is 35.6 Å². The summed E-state index contributed by atoms with van der Waals surface area (Å²) in [6.45, 7) is -0.241. The second-order valence-corrected chi connectivity index (χ2v) is 5.33. The average molecular weight is 330 g/mol. The van der Waals surface area contributed by atoms with E-state index in [1.165, 1.54) is 12.1 Å². The van der Waals surface area contributed by atoms with Crippen molar-refractivity contribution >= 4 is 24.2 Å². The lowest BCUT2D eigenvalue weighted by molar-refractivity contribution is -0.126. The molecule has 1 aromatic carbocycles. The Morgan fingerprint density at radius 2 is 1.73 bits per heavy atom. The summed E-state index contributed by atoms with van der Waals surface area (Å²) in [5.74, 6) is -0.927. The topological polar surface area (TPSA) is 84.2 Å². The fraction of sp³-hybridized carbons (Fsp3) is 0.467. The molecule has 1 aromatic rings. The van der Waals surface area contributed by atoms with Crippen molar-refractivity contribution in [2.75, 3.05) is 13.1 Å². The minimum atomic E-state index is -0.460. The van der Waals surface area contributed by atoms with E-state index in [2.05, 4.69) is 10.6 Å². The van der Waals surface area contributed by atoms with Crippen molar-refractivity contribution in [2.45, 2.75) is 31.2 Å². The van der Waals surface area contributed by atoms with E-state index in [1.807, 2.05) is 0 Å². The molecule has 0 bridgehead atoms. The molecule has 1 saturated carbocycles. The molecule has 0 atom stereocenters. The molecule has 0 spiro atoms. The van der Waals surface area contributed by atoms with Crippen molar-refractivity contribution in [3.8, 4) is 0 Å². The number of carbonyl (C=O) groups excluding carboxylic acids is 2. The highest BCUT2D eigenvalue weighted by molar-refractivity contribution is 5.86. The van der Waals surface area contributed by atoms with Gasteiger partial charge in [0.1, 0.15) is 5.82 Å². The van der Waals surface area contributed by atoms with Gasteiger partial charge >= 0.3 is 0 Å². The van der Waals surface area contributed by atoms with Gasteiger partial charge in [0, 0.05) is 0 Å². The molecular formula is C15H21ClFN3O2. The SMILES string of the molecule is Cl.NCC(=O)NCC(=O)NC1(c2ccc(F)cc2)CCCC1. The van der Waals surface area contributed by atoms with E-state index in [4.69, 9.17) is 5.73 Å². The molecular weight excluding hydrogens is 309 g/mol. The molecule has 0 radical (unpaired) electrons. The van der Waals surface area contributed by atoms with Crippen LogP contribution in [0.25, 0.3) is 0 Å². The summed E-state index contributed by atoms with van der Waals surface area (Å²) < 4.78 is 13.1. The smallest absolute Gasteiger partial charge is 0.240 e. The van der Waals surface area contributed by atoms with Crippen LogP contribution in [0.3, 0.4) is 0 Å². The van der Waals surface area contributed by atoms with Crippen molar-refractivity contribution in [3.63, 3.8) is 0 Å². The van der Waals surface area contributed by atoms with Crippen LogP contribution in [0.1, 0.15) is 31.2 Å². The molecule has 5 nitrogen and oxygen atoms in total. The van der Waals surface area contributed by atoms with Gasteiger partial charge < -0.3 is 16.4 Å². The van der Waals surface area contributed by atoms with E-state index in [-0.39, 0.29) is 43.1 Å². The maximum Gasteiger partial charge on any atom is 0.240 e. The number of halogens is 2. The predicted molar refractivity (Wildman–Crippen MR) is 84.0 cm³/mol. The summed E-state index contributed by atoms with van der Waals surface area (Å²) in [5.41, 5.74) is 5.62. The highest BCUT2D eigenvalue weighted by Gasteiger charge is 2.36. The molecule has 1 aliphatic rings. The zero-order valence-corrected chi connectivity index (χ0v) is 13.0. The number of nitrogens with one attached hydrogen (secondary N) is 2. The second kappa shape index (κ2) is 8.10. The summed E-state index contributed by atoms with van der Waals surface area (Å²) >= 11 is 0. The lowest BCUT2D eigenvalue weighted by atomic mass is 9.88. The van der Waals surface area contributed by atoms with Gasteiger partial charge in [0.15, 0.2) is 0 Å². The predicted octanol–water partition coefficient (Wildman–Crippen LogP) is 1.21. The zero-order valence-electron chi connectivity index (χ0n) is 12.2. The minimum absolute atomic E-state index is 0. The Balaban J connectivity index is 0.00000242. The Hall–Kier alpha value is -1.66. The molecule has 0 unspecified atom stereocenters. The first-order valence-electron chi connectivity index (χ1n) is 7.09.